The third-order valence-corrected chi connectivity index (χ3v) is 8.07. The first-order chi connectivity index (χ1) is 16.4. The van der Waals surface area contributed by atoms with E-state index >= 15 is 0 Å². The van der Waals surface area contributed by atoms with Crippen LogP contribution in [-0.4, -0.2) is 0 Å². The van der Waals surface area contributed by atoms with E-state index in [1.807, 2.05) is 11.8 Å². The van der Waals surface area contributed by atoms with Crippen molar-refractivity contribution in [3.05, 3.63) is 150 Å². The van der Waals surface area contributed by atoms with Gasteiger partial charge in [-0.15, -0.1) is 0 Å². The number of para-hydroxylation sites is 3. The van der Waals surface area contributed by atoms with E-state index in [2.05, 4.69) is 132 Å². The Kier molecular flexibility index (Phi) is 4.06. The van der Waals surface area contributed by atoms with Crippen LogP contribution < -0.4 is 4.90 Å². The summed E-state index contributed by atoms with van der Waals surface area (Å²) in [5, 5.41) is 0. The van der Waals surface area contributed by atoms with Gasteiger partial charge in [-0.05, 0) is 58.7 Å². The molecule has 0 aliphatic carbocycles. The molecule has 7 rings (SSSR count). The predicted octanol–water partition coefficient (Wildman–Crippen LogP) is 8.32. The fourth-order valence-corrected chi connectivity index (χ4v) is 6.87. The second-order valence-electron chi connectivity index (χ2n) is 8.55. The Bertz CT molecular complexity index is 1410. The maximum atomic E-state index is 2.42. The van der Waals surface area contributed by atoms with Gasteiger partial charge in [-0.25, -0.2) is 0 Å². The fourth-order valence-electron chi connectivity index (χ4n) is 5.68. The smallest absolute Gasteiger partial charge is 0.0764 e. The van der Waals surface area contributed by atoms with Crippen molar-refractivity contribution in [3.63, 3.8) is 0 Å². The highest BCUT2D eigenvalue weighted by Crippen LogP contribution is 2.62. The average molecular weight is 440 g/mol. The highest BCUT2D eigenvalue weighted by molar-refractivity contribution is 7.99. The second-order valence-corrected chi connectivity index (χ2v) is 9.63. The molecule has 5 aromatic carbocycles. The minimum atomic E-state index is -0.364. The van der Waals surface area contributed by atoms with Crippen LogP contribution in [0.2, 0.25) is 0 Å². The Morgan fingerprint density at radius 2 is 0.848 bits per heavy atom. The molecular weight excluding hydrogens is 418 g/mol. The van der Waals surface area contributed by atoms with E-state index in [-0.39, 0.29) is 5.41 Å². The summed E-state index contributed by atoms with van der Waals surface area (Å²) >= 11 is 1.88. The molecular formula is C31H21NS. The Labute approximate surface area is 198 Å². The van der Waals surface area contributed by atoms with Crippen LogP contribution in [0.5, 0.6) is 0 Å². The van der Waals surface area contributed by atoms with Crippen LogP contribution in [0.15, 0.2) is 137 Å². The van der Waals surface area contributed by atoms with Gasteiger partial charge in [0.05, 0.1) is 16.8 Å². The molecule has 0 fully saturated rings. The van der Waals surface area contributed by atoms with Crippen LogP contribution in [0.4, 0.5) is 17.1 Å². The average Bonchev–Trinajstić information content (AvgIpc) is 2.89. The zero-order valence-electron chi connectivity index (χ0n) is 18.0. The van der Waals surface area contributed by atoms with Crippen molar-refractivity contribution in [2.24, 2.45) is 0 Å². The Hall–Kier alpha value is -3.75. The molecule has 0 saturated carbocycles. The van der Waals surface area contributed by atoms with Crippen molar-refractivity contribution in [1.29, 1.82) is 0 Å². The molecule has 1 nitrogen and oxygen atoms in total. The van der Waals surface area contributed by atoms with E-state index in [1.54, 1.807) is 0 Å². The summed E-state index contributed by atoms with van der Waals surface area (Å²) in [5.74, 6) is 0. The molecule has 0 aromatic heterocycles. The van der Waals surface area contributed by atoms with Gasteiger partial charge < -0.3 is 4.90 Å². The van der Waals surface area contributed by atoms with Gasteiger partial charge in [0, 0.05) is 15.5 Å². The number of benzene rings is 5. The van der Waals surface area contributed by atoms with E-state index in [4.69, 9.17) is 0 Å². The molecule has 2 aliphatic heterocycles. The molecule has 0 atom stereocenters. The standard InChI is InChI=1S/C31H21NS/c1-2-12-22(13-3-1)32-27-18-8-4-14-23(27)31(24-15-5-9-19-28(24)32)25-16-6-10-20-29(25)33-30-21-11-7-17-26(30)31/h1-21H. The first kappa shape index (κ1) is 18.8. The maximum absolute atomic E-state index is 2.42. The summed E-state index contributed by atoms with van der Waals surface area (Å²) in [7, 11) is 0. The van der Waals surface area contributed by atoms with Crippen molar-refractivity contribution in [2.45, 2.75) is 15.2 Å². The molecule has 5 aromatic rings. The van der Waals surface area contributed by atoms with Crippen LogP contribution in [0, 0.1) is 0 Å². The molecule has 0 amide bonds. The van der Waals surface area contributed by atoms with Crippen molar-refractivity contribution < 1.29 is 0 Å². The zero-order chi connectivity index (χ0) is 21.8. The van der Waals surface area contributed by atoms with E-state index in [0.717, 1.165) is 0 Å². The number of hydrogen-bond donors (Lipinski definition) is 0. The molecule has 33 heavy (non-hydrogen) atoms. The number of anilines is 3. The van der Waals surface area contributed by atoms with Crippen molar-refractivity contribution in [1.82, 2.24) is 0 Å². The van der Waals surface area contributed by atoms with Crippen LogP contribution in [0.3, 0.4) is 0 Å². The third kappa shape index (κ3) is 2.50. The summed E-state index contributed by atoms with van der Waals surface area (Å²) in [5.41, 5.74) is 8.66. The lowest BCUT2D eigenvalue weighted by Gasteiger charge is -2.48. The van der Waals surface area contributed by atoms with Crippen LogP contribution in [0.25, 0.3) is 0 Å². The number of rotatable bonds is 1. The Morgan fingerprint density at radius 3 is 1.39 bits per heavy atom. The molecule has 2 heteroatoms. The maximum Gasteiger partial charge on any atom is 0.0764 e. The third-order valence-electron chi connectivity index (χ3n) is 6.91. The van der Waals surface area contributed by atoms with Crippen LogP contribution in [0.1, 0.15) is 22.3 Å². The van der Waals surface area contributed by atoms with Crippen molar-refractivity contribution in [3.8, 4) is 0 Å². The summed E-state index contributed by atoms with van der Waals surface area (Å²) < 4.78 is 0. The van der Waals surface area contributed by atoms with Gasteiger partial charge in [0.15, 0.2) is 0 Å². The van der Waals surface area contributed by atoms with Gasteiger partial charge in [0.25, 0.3) is 0 Å². The molecule has 156 valence electrons. The first-order valence-electron chi connectivity index (χ1n) is 11.3. The summed E-state index contributed by atoms with van der Waals surface area (Å²) in [6.07, 6.45) is 0. The van der Waals surface area contributed by atoms with E-state index in [0.29, 0.717) is 0 Å². The SMILES string of the molecule is c1ccc(N2c3ccccc3C3(c4ccccc4Sc4ccccc43)c3ccccc32)cc1. The van der Waals surface area contributed by atoms with Crippen LogP contribution in [-0.2, 0) is 5.41 Å². The molecule has 0 radical (unpaired) electrons. The predicted molar refractivity (Wildman–Crippen MR) is 137 cm³/mol. The molecule has 0 bridgehead atoms. The first-order valence-corrected chi connectivity index (χ1v) is 12.1. The quantitative estimate of drug-likeness (QED) is 0.253. The molecule has 1 spiro atoms. The second kappa shape index (κ2) is 7.13. The highest BCUT2D eigenvalue weighted by atomic mass is 32.2. The van der Waals surface area contributed by atoms with Gasteiger partial charge in [-0.2, -0.15) is 0 Å². The highest BCUT2D eigenvalue weighted by Gasteiger charge is 2.49. The van der Waals surface area contributed by atoms with Gasteiger partial charge >= 0.3 is 0 Å². The van der Waals surface area contributed by atoms with E-state index < -0.39 is 0 Å². The van der Waals surface area contributed by atoms with Crippen molar-refractivity contribution >= 4 is 28.8 Å². The number of hydrogen-bond acceptors (Lipinski definition) is 2. The summed E-state index contributed by atoms with van der Waals surface area (Å²) in [4.78, 5) is 5.08. The molecule has 0 N–H and O–H groups in total. The zero-order valence-corrected chi connectivity index (χ0v) is 18.8. The van der Waals surface area contributed by atoms with Gasteiger partial charge in [-0.1, -0.05) is 103 Å². The fraction of sp³-hybridized carbons (Fsp3) is 0.0323. The topological polar surface area (TPSA) is 3.24 Å². The largest absolute Gasteiger partial charge is 0.310 e. The van der Waals surface area contributed by atoms with Gasteiger partial charge in [0.1, 0.15) is 0 Å². The number of fused-ring (bicyclic) bond motifs is 8. The molecule has 2 aliphatic rings. The molecule has 0 saturated heterocycles. The minimum absolute atomic E-state index is 0.364. The van der Waals surface area contributed by atoms with Gasteiger partial charge in [-0.3, -0.25) is 0 Å². The van der Waals surface area contributed by atoms with Crippen molar-refractivity contribution in [2.75, 3.05) is 4.90 Å². The normalized spacial score (nSPS) is 14.7. The Morgan fingerprint density at radius 1 is 0.424 bits per heavy atom. The monoisotopic (exact) mass is 439 g/mol. The lowest BCUT2D eigenvalue weighted by molar-refractivity contribution is 0.692. The van der Waals surface area contributed by atoms with Crippen LogP contribution >= 0.6 is 11.8 Å². The lowest BCUT2D eigenvalue weighted by atomic mass is 9.62. The molecule has 2 heterocycles. The summed E-state index contributed by atoms with van der Waals surface area (Å²) in [6, 6.07) is 46.5. The number of nitrogens with zero attached hydrogens (tertiary/aromatic N) is 1. The summed E-state index contributed by atoms with van der Waals surface area (Å²) in [6.45, 7) is 0. The van der Waals surface area contributed by atoms with E-state index in [1.165, 1.54) is 49.1 Å². The van der Waals surface area contributed by atoms with Gasteiger partial charge in [0.2, 0.25) is 0 Å². The molecule has 0 unspecified atom stereocenters. The Balaban J connectivity index is 1.67. The van der Waals surface area contributed by atoms with E-state index in [9.17, 15) is 0 Å². The minimum Gasteiger partial charge on any atom is -0.310 e. The lowest BCUT2D eigenvalue weighted by Crippen LogP contribution is -2.39.